The van der Waals surface area contributed by atoms with Gasteiger partial charge in [0.1, 0.15) is 11.6 Å². The Kier molecular flexibility index (Phi) is 7.65. The number of anilines is 1. The molecule has 2 heterocycles. The van der Waals surface area contributed by atoms with E-state index in [0.717, 1.165) is 11.3 Å². The summed E-state index contributed by atoms with van der Waals surface area (Å²) in [5, 5.41) is 3.33. The molecule has 1 fully saturated rings. The summed E-state index contributed by atoms with van der Waals surface area (Å²) >= 11 is 5.82. The Balaban J connectivity index is 1.43. The number of pyridine rings is 1. The Labute approximate surface area is 182 Å². The molecule has 2 amide bonds. The molecule has 160 valence electrons. The molecule has 0 aliphatic carbocycles. The van der Waals surface area contributed by atoms with E-state index in [0.29, 0.717) is 49.9 Å². The number of halogens is 1. The quantitative estimate of drug-likeness (QED) is 0.731. The molecule has 1 atom stereocenters. The Bertz CT molecular complexity index is 850. The van der Waals surface area contributed by atoms with E-state index < -0.39 is 0 Å². The second kappa shape index (κ2) is 10.4. The lowest BCUT2D eigenvalue weighted by Gasteiger charge is -2.37. The monoisotopic (exact) mass is 430 g/mol. The topological polar surface area (TPSA) is 74.8 Å². The smallest absolute Gasteiger partial charge is 0.242 e. The van der Waals surface area contributed by atoms with Crippen LogP contribution in [0.4, 0.5) is 5.82 Å². The Hall–Kier alpha value is -2.64. The van der Waals surface area contributed by atoms with Crippen LogP contribution in [-0.2, 0) is 16.0 Å². The predicted molar refractivity (Wildman–Crippen MR) is 117 cm³/mol. The van der Waals surface area contributed by atoms with Crippen molar-refractivity contribution in [3.05, 3.63) is 53.2 Å². The maximum atomic E-state index is 12.6. The largest absolute Gasteiger partial charge is 0.497 e. The number of hydrogen-bond donors (Lipinski definition) is 1. The van der Waals surface area contributed by atoms with E-state index in [1.165, 1.54) is 6.20 Å². The van der Waals surface area contributed by atoms with Crippen LogP contribution < -0.4 is 10.1 Å². The van der Waals surface area contributed by atoms with Crippen molar-refractivity contribution in [1.29, 1.82) is 0 Å². The van der Waals surface area contributed by atoms with E-state index in [1.807, 2.05) is 36.1 Å². The summed E-state index contributed by atoms with van der Waals surface area (Å²) in [7, 11) is 1.64. The molecule has 1 aromatic heterocycles. The molecular formula is C22H27ClN4O3. The second-order valence-corrected chi connectivity index (χ2v) is 7.73. The SMILES string of the molecule is COc1ccc(CCC(=O)N2CCN(C(C)C(=O)Nc3ccc(Cl)cn3)CC2)cc1. The molecule has 1 N–H and O–H groups in total. The van der Waals surface area contributed by atoms with E-state index in [9.17, 15) is 9.59 Å². The van der Waals surface area contributed by atoms with E-state index in [2.05, 4.69) is 15.2 Å². The number of aryl methyl sites for hydroxylation is 1. The first-order valence-electron chi connectivity index (χ1n) is 10.0. The van der Waals surface area contributed by atoms with Gasteiger partial charge in [-0.3, -0.25) is 14.5 Å². The highest BCUT2D eigenvalue weighted by molar-refractivity contribution is 6.30. The van der Waals surface area contributed by atoms with Gasteiger partial charge < -0.3 is 15.0 Å². The van der Waals surface area contributed by atoms with Crippen LogP contribution in [0.5, 0.6) is 5.75 Å². The maximum absolute atomic E-state index is 12.6. The van der Waals surface area contributed by atoms with E-state index in [4.69, 9.17) is 16.3 Å². The number of hydrogen-bond acceptors (Lipinski definition) is 5. The zero-order valence-electron chi connectivity index (χ0n) is 17.3. The van der Waals surface area contributed by atoms with Gasteiger partial charge in [0.2, 0.25) is 11.8 Å². The van der Waals surface area contributed by atoms with E-state index >= 15 is 0 Å². The highest BCUT2D eigenvalue weighted by Gasteiger charge is 2.27. The molecule has 1 aliphatic heterocycles. The van der Waals surface area contributed by atoms with Crippen LogP contribution in [0.2, 0.25) is 5.02 Å². The van der Waals surface area contributed by atoms with Gasteiger partial charge >= 0.3 is 0 Å². The van der Waals surface area contributed by atoms with Gasteiger partial charge in [0, 0.05) is 38.8 Å². The molecule has 1 aromatic carbocycles. The number of ether oxygens (including phenoxy) is 1. The molecule has 7 nitrogen and oxygen atoms in total. The lowest BCUT2D eigenvalue weighted by molar-refractivity contribution is -0.133. The fourth-order valence-corrected chi connectivity index (χ4v) is 3.52. The second-order valence-electron chi connectivity index (χ2n) is 7.29. The molecule has 1 aliphatic rings. The van der Waals surface area contributed by atoms with Gasteiger partial charge in [-0.05, 0) is 43.2 Å². The van der Waals surface area contributed by atoms with Crippen molar-refractivity contribution in [1.82, 2.24) is 14.8 Å². The molecule has 0 bridgehead atoms. The Morgan fingerprint density at radius 3 is 2.43 bits per heavy atom. The normalized spacial score (nSPS) is 15.5. The number of aromatic nitrogens is 1. The first-order chi connectivity index (χ1) is 14.5. The molecule has 0 radical (unpaired) electrons. The zero-order valence-corrected chi connectivity index (χ0v) is 18.1. The summed E-state index contributed by atoms with van der Waals surface area (Å²) in [6, 6.07) is 10.8. The molecular weight excluding hydrogens is 404 g/mol. The van der Waals surface area contributed by atoms with Crippen molar-refractivity contribution in [3.63, 3.8) is 0 Å². The number of benzene rings is 1. The minimum atomic E-state index is -0.306. The lowest BCUT2D eigenvalue weighted by atomic mass is 10.1. The van der Waals surface area contributed by atoms with Crippen LogP contribution >= 0.6 is 11.6 Å². The van der Waals surface area contributed by atoms with E-state index in [-0.39, 0.29) is 17.9 Å². The van der Waals surface area contributed by atoms with Gasteiger partial charge in [-0.25, -0.2) is 4.98 Å². The standard InChI is InChI=1S/C22H27ClN4O3/c1-16(22(29)25-20-9-6-18(23)15-24-20)26-11-13-27(14-12-26)21(28)10-5-17-3-7-19(30-2)8-4-17/h3-4,6-9,15-16H,5,10-14H2,1-2H3,(H,24,25,29). The average Bonchev–Trinajstić information content (AvgIpc) is 2.79. The van der Waals surface area contributed by atoms with Crippen molar-refractivity contribution < 1.29 is 14.3 Å². The van der Waals surface area contributed by atoms with Crippen LogP contribution in [0.15, 0.2) is 42.6 Å². The summed E-state index contributed by atoms with van der Waals surface area (Å²) < 4.78 is 5.16. The number of rotatable bonds is 7. The van der Waals surface area contributed by atoms with Gasteiger partial charge in [0.15, 0.2) is 0 Å². The molecule has 1 unspecified atom stereocenters. The first kappa shape index (κ1) is 22.1. The summed E-state index contributed by atoms with van der Waals surface area (Å²) in [6.45, 7) is 4.44. The molecule has 3 rings (SSSR count). The number of nitrogens with zero attached hydrogens (tertiary/aromatic N) is 3. The third kappa shape index (κ3) is 5.93. The maximum Gasteiger partial charge on any atom is 0.242 e. The third-order valence-corrected chi connectivity index (χ3v) is 5.58. The van der Waals surface area contributed by atoms with Crippen LogP contribution in [0.3, 0.4) is 0 Å². The predicted octanol–water partition coefficient (Wildman–Crippen LogP) is 2.85. The summed E-state index contributed by atoms with van der Waals surface area (Å²) in [5.41, 5.74) is 1.11. The molecule has 0 spiro atoms. The molecule has 30 heavy (non-hydrogen) atoms. The number of amides is 2. The fourth-order valence-electron chi connectivity index (χ4n) is 3.41. The highest BCUT2D eigenvalue weighted by Crippen LogP contribution is 2.15. The average molecular weight is 431 g/mol. The van der Waals surface area contributed by atoms with E-state index in [1.54, 1.807) is 19.2 Å². The van der Waals surface area contributed by atoms with Crippen molar-refractivity contribution in [2.45, 2.75) is 25.8 Å². The van der Waals surface area contributed by atoms with Crippen molar-refractivity contribution >= 4 is 29.2 Å². The molecule has 0 saturated carbocycles. The van der Waals surface area contributed by atoms with Gasteiger partial charge in [0.05, 0.1) is 18.2 Å². The van der Waals surface area contributed by atoms with Gasteiger partial charge in [0.25, 0.3) is 0 Å². The number of methoxy groups -OCH3 is 1. The number of carbonyl (C=O) groups is 2. The van der Waals surface area contributed by atoms with Crippen molar-refractivity contribution in [3.8, 4) is 5.75 Å². The minimum absolute atomic E-state index is 0.121. The number of nitrogens with one attached hydrogen (secondary N) is 1. The minimum Gasteiger partial charge on any atom is -0.497 e. The van der Waals surface area contributed by atoms with Gasteiger partial charge in [-0.15, -0.1) is 0 Å². The number of piperazine rings is 1. The Morgan fingerprint density at radius 2 is 1.83 bits per heavy atom. The van der Waals surface area contributed by atoms with Gasteiger partial charge in [-0.1, -0.05) is 23.7 Å². The molecule has 1 saturated heterocycles. The Morgan fingerprint density at radius 1 is 1.13 bits per heavy atom. The fraction of sp³-hybridized carbons (Fsp3) is 0.409. The molecule has 8 heteroatoms. The molecule has 2 aromatic rings. The van der Waals surface area contributed by atoms with Crippen LogP contribution in [0.1, 0.15) is 18.9 Å². The van der Waals surface area contributed by atoms with Crippen LogP contribution in [0.25, 0.3) is 0 Å². The summed E-state index contributed by atoms with van der Waals surface area (Å²) in [6.07, 6.45) is 2.68. The summed E-state index contributed by atoms with van der Waals surface area (Å²) in [5.74, 6) is 1.31. The number of carbonyl (C=O) groups excluding carboxylic acids is 2. The van der Waals surface area contributed by atoms with Gasteiger partial charge in [-0.2, -0.15) is 0 Å². The van der Waals surface area contributed by atoms with Crippen LogP contribution in [-0.4, -0.2) is 65.9 Å². The zero-order chi connectivity index (χ0) is 21.5. The summed E-state index contributed by atoms with van der Waals surface area (Å²) in [4.78, 5) is 33.1. The highest BCUT2D eigenvalue weighted by atomic mass is 35.5. The van der Waals surface area contributed by atoms with Crippen LogP contribution in [0, 0.1) is 0 Å². The van der Waals surface area contributed by atoms with Crippen molar-refractivity contribution in [2.24, 2.45) is 0 Å². The lowest BCUT2D eigenvalue weighted by Crippen LogP contribution is -2.54. The first-order valence-corrected chi connectivity index (χ1v) is 10.4. The third-order valence-electron chi connectivity index (χ3n) is 5.36. The van der Waals surface area contributed by atoms with Crippen molar-refractivity contribution in [2.75, 3.05) is 38.6 Å².